The van der Waals surface area contributed by atoms with E-state index in [1.807, 2.05) is 0 Å². The summed E-state index contributed by atoms with van der Waals surface area (Å²) in [6.07, 6.45) is -4.87. The number of carbonyl (C=O) groups is 3. The molecule has 11 nitrogen and oxygen atoms in total. The fraction of sp³-hybridized carbons (Fsp3) is 0.435. The van der Waals surface area contributed by atoms with Crippen LogP contribution in [-0.4, -0.2) is 73.1 Å². The Kier molecular flexibility index (Phi) is 8.25. The number of hydrogen-bond acceptors (Lipinski definition) is 6. The second-order valence-corrected chi connectivity index (χ2v) is 12.0. The van der Waals surface area contributed by atoms with Gasteiger partial charge in [0.2, 0.25) is 10.0 Å². The number of amides is 3. The molecule has 1 fully saturated rings. The first-order valence-electron chi connectivity index (χ1n) is 11.9. The molecule has 0 radical (unpaired) electrons. The fourth-order valence-corrected chi connectivity index (χ4v) is 6.78. The summed E-state index contributed by atoms with van der Waals surface area (Å²) in [5.41, 5.74) is -1.43. The zero-order chi connectivity index (χ0) is 30.5. The molecule has 1 spiro atoms. The van der Waals surface area contributed by atoms with E-state index in [9.17, 15) is 40.4 Å². The summed E-state index contributed by atoms with van der Waals surface area (Å²) in [5, 5.41) is 3.49. The molecule has 1 atom stereocenters. The van der Waals surface area contributed by atoms with Crippen molar-refractivity contribution >= 4 is 56.6 Å². The van der Waals surface area contributed by atoms with Crippen molar-refractivity contribution in [2.75, 3.05) is 25.0 Å². The predicted octanol–water partition coefficient (Wildman–Crippen LogP) is 2.82. The number of benzene rings is 1. The molecular weight excluding hydrogens is 621 g/mol. The Bertz CT molecular complexity index is 1520. The number of likely N-dealkylation sites (tertiary alicyclic amines) is 1. The molecule has 0 unspecified atom stereocenters. The van der Waals surface area contributed by atoms with Crippen LogP contribution >= 0.6 is 23.2 Å². The molecule has 1 aromatic heterocycles. The van der Waals surface area contributed by atoms with E-state index >= 15 is 0 Å². The maximum Gasteiger partial charge on any atom is 0.408 e. The summed E-state index contributed by atoms with van der Waals surface area (Å²) in [5.74, 6) is -4.52. The van der Waals surface area contributed by atoms with E-state index in [0.717, 1.165) is 21.6 Å². The SMILES string of the molecule is C[C@@H](NC(=O)C(=O)N1CCC2(CC1)COc1c(c(Cl)n(C)c1C(=O)Nc1ccc(F)c(Cl)c1)S(=O)(=O)N2)C(F)(F)F. The van der Waals surface area contributed by atoms with Gasteiger partial charge < -0.3 is 24.8 Å². The van der Waals surface area contributed by atoms with Crippen LogP contribution in [0, 0.1) is 5.82 Å². The fourth-order valence-electron chi connectivity index (χ4n) is 4.43. The van der Waals surface area contributed by atoms with Gasteiger partial charge in [-0.15, -0.1) is 0 Å². The lowest BCUT2D eigenvalue weighted by molar-refractivity contribution is -0.162. The standard InChI is InChI=1S/C23H23Cl2F4N5O6S/c1-11(23(27,28)29)30-20(36)21(37)34-7-5-22(6-8-34)10-40-16-15(33(2)18(25)17(16)41(38,39)32-22)19(35)31-12-3-4-14(26)13(24)9-12/h3-4,9,11,32H,5-8,10H2,1-2H3,(H,30,36)(H,31,35)/t11-/m1/s1. The number of carbonyl (C=O) groups excluding carboxylic acids is 3. The lowest BCUT2D eigenvalue weighted by Crippen LogP contribution is -2.60. The molecular formula is C23H23Cl2F4N5O6S. The number of nitrogens with zero attached hydrogens (tertiary/aromatic N) is 2. The van der Waals surface area contributed by atoms with Gasteiger partial charge in [0.1, 0.15) is 23.6 Å². The smallest absolute Gasteiger partial charge is 0.408 e. The van der Waals surface area contributed by atoms with Crippen molar-refractivity contribution < 1.29 is 45.1 Å². The number of sulfonamides is 1. The van der Waals surface area contributed by atoms with Crippen LogP contribution in [0.3, 0.4) is 0 Å². The van der Waals surface area contributed by atoms with Crippen molar-refractivity contribution in [3.8, 4) is 5.75 Å². The summed E-state index contributed by atoms with van der Waals surface area (Å²) in [6, 6.07) is 1.19. The number of rotatable bonds is 3. The molecule has 1 saturated heterocycles. The van der Waals surface area contributed by atoms with Crippen LogP contribution in [0.4, 0.5) is 23.2 Å². The van der Waals surface area contributed by atoms with E-state index in [4.69, 9.17) is 27.9 Å². The van der Waals surface area contributed by atoms with Crippen LogP contribution in [0.15, 0.2) is 23.1 Å². The topological polar surface area (TPSA) is 139 Å². The normalized spacial score (nSPS) is 18.6. The molecule has 0 bridgehead atoms. The molecule has 224 valence electrons. The summed E-state index contributed by atoms with van der Waals surface area (Å²) in [4.78, 5) is 38.2. The molecule has 2 aromatic rings. The maximum atomic E-state index is 13.5. The van der Waals surface area contributed by atoms with Crippen molar-refractivity contribution in [1.29, 1.82) is 0 Å². The Morgan fingerprint density at radius 1 is 1.17 bits per heavy atom. The van der Waals surface area contributed by atoms with Crippen LogP contribution in [0.1, 0.15) is 30.3 Å². The summed E-state index contributed by atoms with van der Waals surface area (Å²) in [6.45, 7) is 0.0353. The number of hydrogen-bond donors (Lipinski definition) is 3. The third-order valence-electron chi connectivity index (χ3n) is 6.78. The first-order chi connectivity index (χ1) is 19.0. The largest absolute Gasteiger partial charge is 0.488 e. The minimum atomic E-state index is -4.74. The number of fused-ring (bicyclic) bond motifs is 1. The maximum absolute atomic E-state index is 13.5. The van der Waals surface area contributed by atoms with Crippen molar-refractivity contribution in [3.05, 3.63) is 39.9 Å². The molecule has 41 heavy (non-hydrogen) atoms. The van der Waals surface area contributed by atoms with Gasteiger partial charge in [-0.05, 0) is 38.0 Å². The van der Waals surface area contributed by atoms with Crippen LogP contribution in [0.2, 0.25) is 10.2 Å². The van der Waals surface area contributed by atoms with Crippen molar-refractivity contribution in [2.45, 2.75) is 42.4 Å². The highest BCUT2D eigenvalue weighted by atomic mass is 35.5. The predicted molar refractivity (Wildman–Crippen MR) is 138 cm³/mol. The Hall–Kier alpha value is -3.08. The molecule has 0 saturated carbocycles. The zero-order valence-corrected chi connectivity index (χ0v) is 23.7. The summed E-state index contributed by atoms with van der Waals surface area (Å²) < 4.78 is 88.1. The number of aromatic nitrogens is 1. The van der Waals surface area contributed by atoms with Gasteiger partial charge in [0.05, 0.1) is 10.6 Å². The van der Waals surface area contributed by atoms with Gasteiger partial charge in [-0.1, -0.05) is 23.2 Å². The minimum absolute atomic E-state index is 0.0658. The third-order valence-corrected chi connectivity index (χ3v) is 9.25. The van der Waals surface area contributed by atoms with E-state index < -0.39 is 56.2 Å². The second kappa shape index (κ2) is 11.0. The van der Waals surface area contributed by atoms with Gasteiger partial charge in [-0.25, -0.2) is 17.5 Å². The van der Waals surface area contributed by atoms with Crippen molar-refractivity contribution in [3.63, 3.8) is 0 Å². The average Bonchev–Trinajstić information content (AvgIpc) is 3.08. The second-order valence-electron chi connectivity index (χ2n) is 9.64. The van der Waals surface area contributed by atoms with E-state index in [1.165, 1.54) is 13.1 Å². The number of anilines is 1. The average molecular weight is 644 g/mol. The highest BCUT2D eigenvalue weighted by Gasteiger charge is 2.47. The summed E-state index contributed by atoms with van der Waals surface area (Å²) in [7, 11) is -3.07. The Labute approximate surface area is 241 Å². The summed E-state index contributed by atoms with van der Waals surface area (Å²) >= 11 is 12.1. The first kappa shape index (κ1) is 30.9. The zero-order valence-electron chi connectivity index (χ0n) is 21.4. The molecule has 3 heterocycles. The van der Waals surface area contributed by atoms with Gasteiger partial charge >= 0.3 is 18.0 Å². The molecule has 3 amide bonds. The number of ether oxygens (including phenoxy) is 1. The number of piperidine rings is 1. The van der Waals surface area contributed by atoms with Gasteiger partial charge in [0, 0.05) is 25.8 Å². The van der Waals surface area contributed by atoms with Crippen molar-refractivity contribution in [1.82, 2.24) is 19.5 Å². The van der Waals surface area contributed by atoms with Gasteiger partial charge in [-0.3, -0.25) is 14.4 Å². The van der Waals surface area contributed by atoms with Crippen LogP contribution in [0.25, 0.3) is 0 Å². The molecule has 0 aliphatic carbocycles. The van der Waals surface area contributed by atoms with E-state index in [0.29, 0.717) is 6.92 Å². The Morgan fingerprint density at radius 3 is 2.39 bits per heavy atom. The van der Waals surface area contributed by atoms with Gasteiger partial charge in [-0.2, -0.15) is 13.2 Å². The minimum Gasteiger partial charge on any atom is -0.488 e. The lowest BCUT2D eigenvalue weighted by atomic mass is 9.89. The van der Waals surface area contributed by atoms with E-state index in [2.05, 4.69) is 10.0 Å². The van der Waals surface area contributed by atoms with Gasteiger partial charge in [0.15, 0.2) is 16.3 Å². The molecule has 4 rings (SSSR count). The first-order valence-corrected chi connectivity index (χ1v) is 14.2. The van der Waals surface area contributed by atoms with E-state index in [-0.39, 0.29) is 59.8 Å². The molecule has 2 aliphatic rings. The van der Waals surface area contributed by atoms with Gasteiger partial charge in [0.25, 0.3) is 5.91 Å². The highest BCUT2D eigenvalue weighted by Crippen LogP contribution is 2.42. The monoisotopic (exact) mass is 643 g/mol. The van der Waals surface area contributed by atoms with Crippen LogP contribution in [0.5, 0.6) is 5.75 Å². The third kappa shape index (κ3) is 6.10. The molecule has 1 aromatic carbocycles. The highest BCUT2D eigenvalue weighted by molar-refractivity contribution is 7.89. The lowest BCUT2D eigenvalue weighted by Gasteiger charge is -2.40. The number of halogens is 6. The molecule has 18 heteroatoms. The number of nitrogens with one attached hydrogen (secondary N) is 3. The Balaban J connectivity index is 1.53. The van der Waals surface area contributed by atoms with Crippen LogP contribution < -0.4 is 20.1 Å². The van der Waals surface area contributed by atoms with Crippen molar-refractivity contribution in [2.24, 2.45) is 7.05 Å². The Morgan fingerprint density at radius 2 is 1.80 bits per heavy atom. The van der Waals surface area contributed by atoms with Crippen LogP contribution in [-0.2, 0) is 26.7 Å². The number of alkyl halides is 3. The molecule has 3 N–H and O–H groups in total. The quantitative estimate of drug-likeness (QED) is 0.347. The molecule has 2 aliphatic heterocycles. The van der Waals surface area contributed by atoms with E-state index in [1.54, 1.807) is 5.32 Å².